The van der Waals surface area contributed by atoms with E-state index in [0.29, 0.717) is 23.7 Å². The Bertz CT molecular complexity index is 967. The summed E-state index contributed by atoms with van der Waals surface area (Å²) in [5.41, 5.74) is 2.72. The van der Waals surface area contributed by atoms with E-state index in [1.54, 1.807) is 31.6 Å². The molecule has 0 unspecified atom stereocenters. The van der Waals surface area contributed by atoms with Crippen molar-refractivity contribution < 1.29 is 0 Å². The molecule has 6 nitrogen and oxygen atoms in total. The summed E-state index contributed by atoms with van der Waals surface area (Å²) in [7, 11) is 1.65. The number of pyridine rings is 1. The lowest BCUT2D eigenvalue weighted by Crippen LogP contribution is -2.31. The van der Waals surface area contributed by atoms with Crippen LogP contribution in [0.25, 0.3) is 11.3 Å². The monoisotopic (exact) mass is 361 g/mol. The van der Waals surface area contributed by atoms with Crippen LogP contribution in [0.3, 0.4) is 0 Å². The highest BCUT2D eigenvalue weighted by molar-refractivity contribution is 5.95. The van der Waals surface area contributed by atoms with Crippen molar-refractivity contribution in [1.82, 2.24) is 19.9 Å². The number of hydrogen-bond donors (Lipinski definition) is 2. The van der Waals surface area contributed by atoms with Crippen molar-refractivity contribution in [3.05, 3.63) is 82.7 Å². The molecule has 0 aliphatic heterocycles. The summed E-state index contributed by atoms with van der Waals surface area (Å²) in [6, 6.07) is 15.3. The van der Waals surface area contributed by atoms with Gasteiger partial charge >= 0.3 is 0 Å². The van der Waals surface area contributed by atoms with Gasteiger partial charge in [0.2, 0.25) is 0 Å². The molecule has 0 aliphatic carbocycles. The molecule has 27 heavy (non-hydrogen) atoms. The molecule has 6 heteroatoms. The molecule has 0 bridgehead atoms. The molecule has 0 aliphatic rings. The molecule has 138 valence electrons. The molecule has 2 heterocycles. The number of benzene rings is 1. The van der Waals surface area contributed by atoms with E-state index < -0.39 is 0 Å². The SMILES string of the molecule is C[C@H](CC(=N)c1nc(-c2ccncc2)cc(=O)n1C)NCc1ccccc1. The van der Waals surface area contributed by atoms with Crippen LogP contribution in [-0.4, -0.2) is 26.3 Å². The van der Waals surface area contributed by atoms with Crippen molar-refractivity contribution >= 4 is 5.71 Å². The van der Waals surface area contributed by atoms with E-state index in [0.717, 1.165) is 12.1 Å². The second-order valence-electron chi connectivity index (χ2n) is 6.55. The molecule has 0 radical (unpaired) electrons. The number of rotatable bonds is 7. The normalized spacial score (nSPS) is 11.9. The molecule has 1 aromatic carbocycles. The zero-order valence-electron chi connectivity index (χ0n) is 15.5. The lowest BCUT2D eigenvalue weighted by Gasteiger charge is -2.16. The highest BCUT2D eigenvalue weighted by Crippen LogP contribution is 2.15. The van der Waals surface area contributed by atoms with E-state index in [4.69, 9.17) is 5.41 Å². The molecular weight excluding hydrogens is 338 g/mol. The summed E-state index contributed by atoms with van der Waals surface area (Å²) < 4.78 is 1.43. The molecule has 0 amide bonds. The van der Waals surface area contributed by atoms with E-state index in [9.17, 15) is 4.79 Å². The second kappa shape index (κ2) is 8.51. The van der Waals surface area contributed by atoms with Crippen molar-refractivity contribution in [2.24, 2.45) is 7.05 Å². The maximum Gasteiger partial charge on any atom is 0.254 e. The number of aromatic nitrogens is 3. The zero-order valence-corrected chi connectivity index (χ0v) is 15.5. The minimum Gasteiger partial charge on any atom is -0.310 e. The average molecular weight is 361 g/mol. The Hall–Kier alpha value is -3.12. The van der Waals surface area contributed by atoms with Gasteiger partial charge in [0.15, 0.2) is 5.82 Å². The Morgan fingerprint density at radius 2 is 1.89 bits per heavy atom. The summed E-state index contributed by atoms with van der Waals surface area (Å²) in [5.74, 6) is 0.391. The predicted octanol–water partition coefficient (Wildman–Crippen LogP) is 2.78. The van der Waals surface area contributed by atoms with Crippen molar-refractivity contribution in [2.45, 2.75) is 25.9 Å². The zero-order chi connectivity index (χ0) is 19.2. The summed E-state index contributed by atoms with van der Waals surface area (Å²) in [4.78, 5) is 20.9. The van der Waals surface area contributed by atoms with Gasteiger partial charge in [-0.15, -0.1) is 0 Å². The topological polar surface area (TPSA) is 83.7 Å². The van der Waals surface area contributed by atoms with Gasteiger partial charge in [-0.3, -0.25) is 14.3 Å². The lowest BCUT2D eigenvalue weighted by atomic mass is 10.1. The number of hydrogen-bond acceptors (Lipinski definition) is 5. The van der Waals surface area contributed by atoms with Crippen LogP contribution in [0, 0.1) is 5.41 Å². The first-order valence-electron chi connectivity index (χ1n) is 8.88. The third kappa shape index (κ3) is 4.74. The molecule has 1 atom stereocenters. The van der Waals surface area contributed by atoms with Gasteiger partial charge in [-0.05, 0) is 24.6 Å². The van der Waals surface area contributed by atoms with Gasteiger partial charge in [0, 0.05) is 50.1 Å². The maximum absolute atomic E-state index is 12.3. The van der Waals surface area contributed by atoms with Gasteiger partial charge < -0.3 is 10.7 Å². The molecule has 3 rings (SSSR count). The fraction of sp³-hybridized carbons (Fsp3) is 0.238. The lowest BCUT2D eigenvalue weighted by molar-refractivity contribution is 0.561. The molecule has 0 spiro atoms. The summed E-state index contributed by atoms with van der Waals surface area (Å²) in [6.45, 7) is 2.76. The van der Waals surface area contributed by atoms with Crippen molar-refractivity contribution in [3.63, 3.8) is 0 Å². The van der Waals surface area contributed by atoms with Crippen molar-refractivity contribution in [2.75, 3.05) is 0 Å². The molecule has 0 saturated heterocycles. The van der Waals surface area contributed by atoms with Crippen LogP contribution in [0.15, 0.2) is 65.7 Å². The Balaban J connectivity index is 1.74. The second-order valence-corrected chi connectivity index (χ2v) is 6.55. The van der Waals surface area contributed by atoms with Crippen LogP contribution in [0.4, 0.5) is 0 Å². The molecular formula is C21H23N5O. The standard InChI is InChI=1S/C21H23N5O/c1-15(24-14-16-6-4-3-5-7-16)12-18(22)21-25-19(13-20(27)26(21)2)17-8-10-23-11-9-17/h3-11,13,15,22,24H,12,14H2,1-2H3/t15-/m1/s1. The molecule has 2 aromatic heterocycles. The molecule has 3 aromatic rings. The number of nitrogens with zero attached hydrogens (tertiary/aromatic N) is 3. The fourth-order valence-corrected chi connectivity index (χ4v) is 2.84. The average Bonchev–Trinajstić information content (AvgIpc) is 2.69. The van der Waals surface area contributed by atoms with Crippen molar-refractivity contribution in [1.29, 1.82) is 5.41 Å². The van der Waals surface area contributed by atoms with Crippen LogP contribution in [-0.2, 0) is 13.6 Å². The summed E-state index contributed by atoms with van der Waals surface area (Å²) in [6.07, 6.45) is 3.80. The minimum atomic E-state index is -0.179. The number of nitrogens with one attached hydrogen (secondary N) is 2. The van der Waals surface area contributed by atoms with Gasteiger partial charge in [0.1, 0.15) is 0 Å². The van der Waals surface area contributed by atoms with E-state index in [1.807, 2.05) is 25.1 Å². The van der Waals surface area contributed by atoms with Gasteiger partial charge in [0.25, 0.3) is 5.56 Å². The first kappa shape index (κ1) is 18.7. The van der Waals surface area contributed by atoms with Crippen LogP contribution >= 0.6 is 0 Å². The highest BCUT2D eigenvalue weighted by Gasteiger charge is 2.14. The van der Waals surface area contributed by atoms with Gasteiger partial charge in [-0.1, -0.05) is 30.3 Å². The predicted molar refractivity (Wildman–Crippen MR) is 107 cm³/mol. The first-order valence-corrected chi connectivity index (χ1v) is 8.88. The Kier molecular flexibility index (Phi) is 5.88. The van der Waals surface area contributed by atoms with Gasteiger partial charge in [-0.2, -0.15) is 0 Å². The fourth-order valence-electron chi connectivity index (χ4n) is 2.84. The van der Waals surface area contributed by atoms with Crippen LogP contribution in [0.2, 0.25) is 0 Å². The minimum absolute atomic E-state index is 0.0826. The molecule has 0 saturated carbocycles. The van der Waals surface area contributed by atoms with Crippen LogP contribution < -0.4 is 10.9 Å². The van der Waals surface area contributed by atoms with Crippen LogP contribution in [0.5, 0.6) is 0 Å². The third-order valence-electron chi connectivity index (χ3n) is 4.39. The van der Waals surface area contributed by atoms with E-state index in [1.165, 1.54) is 16.2 Å². The molecule has 0 fully saturated rings. The Labute approximate surface area is 158 Å². The van der Waals surface area contributed by atoms with Gasteiger partial charge in [-0.25, -0.2) is 4.98 Å². The van der Waals surface area contributed by atoms with E-state index in [2.05, 4.69) is 27.4 Å². The van der Waals surface area contributed by atoms with E-state index in [-0.39, 0.29) is 11.6 Å². The third-order valence-corrected chi connectivity index (χ3v) is 4.39. The quantitative estimate of drug-likeness (QED) is 0.634. The molecule has 2 N–H and O–H groups in total. The van der Waals surface area contributed by atoms with Gasteiger partial charge in [0.05, 0.1) is 11.4 Å². The maximum atomic E-state index is 12.3. The largest absolute Gasteiger partial charge is 0.310 e. The summed E-state index contributed by atoms with van der Waals surface area (Å²) >= 11 is 0. The Morgan fingerprint density at radius 1 is 1.19 bits per heavy atom. The highest BCUT2D eigenvalue weighted by atomic mass is 16.1. The van der Waals surface area contributed by atoms with Crippen molar-refractivity contribution in [3.8, 4) is 11.3 Å². The van der Waals surface area contributed by atoms with E-state index >= 15 is 0 Å². The Morgan fingerprint density at radius 3 is 2.59 bits per heavy atom. The van der Waals surface area contributed by atoms with Crippen LogP contribution in [0.1, 0.15) is 24.7 Å². The first-order chi connectivity index (χ1) is 13.0. The summed E-state index contributed by atoms with van der Waals surface area (Å²) in [5, 5.41) is 11.9. The smallest absolute Gasteiger partial charge is 0.254 e.